The highest BCUT2D eigenvalue weighted by molar-refractivity contribution is 5.92. The number of fused-ring (bicyclic) bond motifs is 1. The third kappa shape index (κ3) is 3.51. The molecule has 7 heteroatoms. The highest BCUT2D eigenvalue weighted by Gasteiger charge is 2.24. The lowest BCUT2D eigenvalue weighted by Crippen LogP contribution is -2.40. The van der Waals surface area contributed by atoms with Crippen molar-refractivity contribution in [2.75, 3.05) is 33.3 Å². The van der Waals surface area contributed by atoms with Crippen molar-refractivity contribution < 1.29 is 14.3 Å². The van der Waals surface area contributed by atoms with Crippen LogP contribution in [0.5, 0.6) is 0 Å². The number of morpholine rings is 1. The molecule has 7 nitrogen and oxygen atoms in total. The van der Waals surface area contributed by atoms with Gasteiger partial charge in [-0.25, -0.2) is 4.98 Å². The molecule has 0 N–H and O–H groups in total. The number of aromatic nitrogens is 2. The second kappa shape index (κ2) is 6.64. The monoisotopic (exact) mass is 318 g/mol. The third-order valence-corrected chi connectivity index (χ3v) is 4.29. The van der Waals surface area contributed by atoms with Crippen LogP contribution in [0.1, 0.15) is 23.2 Å². The molecule has 0 aromatic carbocycles. The molecule has 0 aliphatic carbocycles. The van der Waals surface area contributed by atoms with Gasteiger partial charge in [0.05, 0.1) is 25.5 Å². The van der Waals surface area contributed by atoms with Gasteiger partial charge in [-0.3, -0.25) is 9.59 Å². The number of Topliss-reactive ketones (excluding diaryl/α,β-unsaturated/α-hetero) is 1. The molecule has 3 heterocycles. The molecular formula is C16H22N4O3. The van der Waals surface area contributed by atoms with Gasteiger partial charge in [0.1, 0.15) is 11.5 Å². The fourth-order valence-electron chi connectivity index (χ4n) is 2.95. The molecule has 1 fully saturated rings. The summed E-state index contributed by atoms with van der Waals surface area (Å²) in [4.78, 5) is 32.1. The molecule has 1 aromatic rings. The van der Waals surface area contributed by atoms with E-state index in [0.717, 1.165) is 18.9 Å². The van der Waals surface area contributed by atoms with Gasteiger partial charge in [-0.15, -0.1) is 0 Å². The fourth-order valence-corrected chi connectivity index (χ4v) is 2.95. The van der Waals surface area contributed by atoms with Gasteiger partial charge >= 0.3 is 0 Å². The van der Waals surface area contributed by atoms with E-state index in [1.165, 1.54) is 6.92 Å². The van der Waals surface area contributed by atoms with Crippen LogP contribution >= 0.6 is 0 Å². The van der Waals surface area contributed by atoms with Gasteiger partial charge in [0.2, 0.25) is 5.91 Å². The van der Waals surface area contributed by atoms with Crippen LogP contribution < -0.4 is 0 Å². The summed E-state index contributed by atoms with van der Waals surface area (Å²) < 4.78 is 7.52. The minimum absolute atomic E-state index is 0.00184. The summed E-state index contributed by atoms with van der Waals surface area (Å²) in [6.07, 6.45) is 4.98. The lowest BCUT2D eigenvalue weighted by Gasteiger charge is -2.29. The minimum atomic E-state index is -0.0412. The van der Waals surface area contributed by atoms with Crippen LogP contribution in [0.4, 0.5) is 0 Å². The molecule has 23 heavy (non-hydrogen) atoms. The van der Waals surface area contributed by atoms with E-state index >= 15 is 0 Å². The van der Waals surface area contributed by atoms with Gasteiger partial charge in [0, 0.05) is 39.2 Å². The quantitative estimate of drug-likeness (QED) is 0.593. The van der Waals surface area contributed by atoms with Crippen LogP contribution in [0.2, 0.25) is 0 Å². The summed E-state index contributed by atoms with van der Waals surface area (Å²) in [7, 11) is 2.04. The van der Waals surface area contributed by atoms with Gasteiger partial charge in [-0.2, -0.15) is 0 Å². The van der Waals surface area contributed by atoms with Crippen molar-refractivity contribution in [3.05, 3.63) is 29.9 Å². The van der Waals surface area contributed by atoms with E-state index in [1.807, 2.05) is 17.7 Å². The molecule has 1 saturated heterocycles. The highest BCUT2D eigenvalue weighted by Crippen LogP contribution is 2.15. The first kappa shape index (κ1) is 15.9. The zero-order valence-electron chi connectivity index (χ0n) is 13.6. The molecule has 0 radical (unpaired) electrons. The van der Waals surface area contributed by atoms with E-state index in [4.69, 9.17) is 4.74 Å². The van der Waals surface area contributed by atoms with Crippen molar-refractivity contribution in [3.8, 4) is 0 Å². The molecule has 124 valence electrons. The van der Waals surface area contributed by atoms with Crippen LogP contribution in [0.15, 0.2) is 18.3 Å². The number of rotatable bonds is 3. The Bertz CT molecular complexity index is 637. The number of amides is 1. The fraction of sp³-hybridized carbons (Fsp3) is 0.562. The van der Waals surface area contributed by atoms with Crippen LogP contribution in [-0.2, 0) is 22.6 Å². The van der Waals surface area contributed by atoms with Crippen LogP contribution in [0.3, 0.4) is 0 Å². The molecule has 2 aliphatic rings. The summed E-state index contributed by atoms with van der Waals surface area (Å²) in [6, 6.07) is 0. The number of ether oxygens (including phenoxy) is 1. The number of carbonyl (C=O) groups excluding carboxylic acids is 2. The zero-order chi connectivity index (χ0) is 16.4. The Morgan fingerprint density at radius 3 is 2.91 bits per heavy atom. The summed E-state index contributed by atoms with van der Waals surface area (Å²) in [5, 5.41) is 0. The number of carbonyl (C=O) groups is 2. The maximum absolute atomic E-state index is 12.3. The van der Waals surface area contributed by atoms with Gasteiger partial charge in [-0.05, 0) is 13.1 Å². The zero-order valence-corrected chi connectivity index (χ0v) is 13.6. The Hall–Kier alpha value is -1.99. The second-order valence-corrected chi connectivity index (χ2v) is 6.06. The Balaban J connectivity index is 1.62. The molecule has 1 amide bonds. The van der Waals surface area contributed by atoms with Crippen LogP contribution in [0, 0.1) is 0 Å². The Kier molecular flexibility index (Phi) is 4.58. The highest BCUT2D eigenvalue weighted by atomic mass is 16.5. The van der Waals surface area contributed by atoms with Gasteiger partial charge < -0.3 is 19.1 Å². The topological polar surface area (TPSA) is 67.7 Å². The predicted octanol–water partition coefficient (Wildman–Crippen LogP) is 0.315. The van der Waals surface area contributed by atoms with Crippen LogP contribution in [-0.4, -0.2) is 70.4 Å². The van der Waals surface area contributed by atoms with Gasteiger partial charge in [0.15, 0.2) is 5.78 Å². The van der Waals surface area contributed by atoms with E-state index < -0.39 is 0 Å². The molecule has 0 bridgehead atoms. The maximum Gasteiger partial charge on any atom is 0.246 e. The molecule has 1 aromatic heterocycles. The largest absolute Gasteiger partial charge is 0.371 e. The standard InChI is InChI=1S/C16H22N4O3/c1-12(21)14-9-17-15-11-19(5-6-20(14)15)16(22)4-3-13-10-18(2)7-8-23-13/h3-4,9,13H,5-8,10-11H2,1-2H3/b4-3+. The van der Waals surface area contributed by atoms with E-state index in [-0.39, 0.29) is 17.8 Å². The summed E-state index contributed by atoms with van der Waals surface area (Å²) in [6.45, 7) is 5.56. The minimum Gasteiger partial charge on any atom is -0.371 e. The third-order valence-electron chi connectivity index (χ3n) is 4.29. The van der Waals surface area contributed by atoms with E-state index in [9.17, 15) is 9.59 Å². The second-order valence-electron chi connectivity index (χ2n) is 6.06. The first-order valence-electron chi connectivity index (χ1n) is 7.87. The number of hydrogen-bond donors (Lipinski definition) is 0. The predicted molar refractivity (Wildman–Crippen MR) is 84.0 cm³/mol. The van der Waals surface area contributed by atoms with Crippen molar-refractivity contribution in [1.82, 2.24) is 19.4 Å². The first-order chi connectivity index (χ1) is 11.0. The van der Waals surface area contributed by atoms with Crippen LogP contribution in [0.25, 0.3) is 0 Å². The average molecular weight is 318 g/mol. The Morgan fingerprint density at radius 1 is 1.35 bits per heavy atom. The van der Waals surface area contributed by atoms with Crippen molar-refractivity contribution in [2.24, 2.45) is 0 Å². The normalized spacial score (nSPS) is 22.3. The first-order valence-corrected chi connectivity index (χ1v) is 7.87. The number of ketones is 1. The molecule has 2 aliphatic heterocycles. The van der Waals surface area contributed by atoms with Crippen molar-refractivity contribution in [3.63, 3.8) is 0 Å². The number of likely N-dealkylation sites (N-methyl/N-ethyl adjacent to an activating group) is 1. The van der Waals surface area contributed by atoms with E-state index in [2.05, 4.69) is 9.88 Å². The lowest BCUT2D eigenvalue weighted by molar-refractivity contribution is -0.127. The SMILES string of the molecule is CC(=O)c1cnc2n1CCN(C(=O)/C=C/C1CN(C)CCO1)C2. The molecule has 0 saturated carbocycles. The molecule has 0 spiro atoms. The average Bonchev–Trinajstić information content (AvgIpc) is 2.96. The van der Waals surface area contributed by atoms with Gasteiger partial charge in [-0.1, -0.05) is 0 Å². The van der Waals surface area contributed by atoms with Crippen molar-refractivity contribution in [2.45, 2.75) is 26.1 Å². The summed E-state index contributed by atoms with van der Waals surface area (Å²) >= 11 is 0. The smallest absolute Gasteiger partial charge is 0.246 e. The van der Waals surface area contributed by atoms with E-state index in [0.29, 0.717) is 31.9 Å². The lowest BCUT2D eigenvalue weighted by atomic mass is 10.2. The molecular weight excluding hydrogens is 296 g/mol. The number of hydrogen-bond acceptors (Lipinski definition) is 5. The Labute approximate surface area is 135 Å². The van der Waals surface area contributed by atoms with Crippen molar-refractivity contribution >= 4 is 11.7 Å². The number of imidazole rings is 1. The van der Waals surface area contributed by atoms with Gasteiger partial charge in [0.25, 0.3) is 0 Å². The maximum atomic E-state index is 12.3. The summed E-state index contributed by atoms with van der Waals surface area (Å²) in [5.41, 5.74) is 0.612. The summed E-state index contributed by atoms with van der Waals surface area (Å²) in [5.74, 6) is 0.722. The van der Waals surface area contributed by atoms with Crippen molar-refractivity contribution in [1.29, 1.82) is 0 Å². The van der Waals surface area contributed by atoms with E-state index in [1.54, 1.807) is 17.2 Å². The molecule has 1 atom stereocenters. The number of nitrogens with zero attached hydrogens (tertiary/aromatic N) is 4. The Morgan fingerprint density at radius 2 is 2.17 bits per heavy atom. The molecule has 1 unspecified atom stereocenters. The molecule has 3 rings (SSSR count).